The summed E-state index contributed by atoms with van der Waals surface area (Å²) < 4.78 is 0.813. The topological polar surface area (TPSA) is 56.3 Å². The number of aromatic nitrogens is 1. The quantitative estimate of drug-likeness (QED) is 0.678. The molecule has 5 heteroatoms. The number of carbonyl (C=O) groups is 1. The molecule has 0 saturated carbocycles. The second kappa shape index (κ2) is 5.33. The Morgan fingerprint density at radius 2 is 2.04 bits per heavy atom. The Kier molecular flexibility index (Phi) is 3.37. The number of nitrogens with zero attached hydrogens (tertiary/aromatic N) is 1. The van der Waals surface area contributed by atoms with Crippen LogP contribution in [0.5, 0.6) is 0 Å². The van der Waals surface area contributed by atoms with Gasteiger partial charge in [0.15, 0.2) is 5.60 Å². The van der Waals surface area contributed by atoms with Gasteiger partial charge in [0.2, 0.25) is 0 Å². The first-order valence-corrected chi connectivity index (χ1v) is 8.38. The van der Waals surface area contributed by atoms with Crippen LogP contribution in [0.15, 0.2) is 65.8 Å². The maximum atomic E-state index is 13.1. The molecule has 0 saturated heterocycles. The fraction of sp³-hybridized carbons (Fsp3) is 0.105. The van der Waals surface area contributed by atoms with Crippen molar-refractivity contribution >= 4 is 38.4 Å². The molecule has 0 spiro atoms. The number of rotatable bonds is 3. The lowest BCUT2D eigenvalue weighted by Gasteiger charge is -2.22. The van der Waals surface area contributed by atoms with Gasteiger partial charge in [-0.15, -0.1) is 6.58 Å². The maximum absolute atomic E-state index is 13.1. The van der Waals surface area contributed by atoms with Gasteiger partial charge in [-0.3, -0.25) is 4.79 Å². The number of nitrogens with one attached hydrogen (secondary N) is 1. The van der Waals surface area contributed by atoms with E-state index in [2.05, 4.69) is 27.5 Å². The zero-order chi connectivity index (χ0) is 16.9. The summed E-state index contributed by atoms with van der Waals surface area (Å²) >= 11 is 3.44. The van der Waals surface area contributed by atoms with Gasteiger partial charge in [0.25, 0.3) is 5.91 Å². The number of anilines is 1. The summed E-state index contributed by atoms with van der Waals surface area (Å²) in [4.78, 5) is 17.8. The number of hydrogen-bond acceptors (Lipinski definition) is 2. The molecule has 2 heterocycles. The molecule has 0 fully saturated rings. The van der Waals surface area contributed by atoms with Gasteiger partial charge in [-0.05, 0) is 24.3 Å². The van der Waals surface area contributed by atoms with Crippen LogP contribution >= 0.6 is 15.9 Å². The van der Waals surface area contributed by atoms with E-state index in [-0.39, 0.29) is 5.91 Å². The summed E-state index contributed by atoms with van der Waals surface area (Å²) in [5, 5.41) is 12.4. The third kappa shape index (κ3) is 1.92. The van der Waals surface area contributed by atoms with Crippen molar-refractivity contribution in [2.24, 2.45) is 0 Å². The molecule has 1 aromatic heterocycles. The van der Waals surface area contributed by atoms with Gasteiger partial charge < -0.3 is 15.0 Å². The number of carbonyl (C=O) groups excluding carboxylic acids is 1. The molecule has 0 unspecified atom stereocenters. The highest BCUT2D eigenvalue weighted by molar-refractivity contribution is 9.10. The molecule has 2 aromatic carbocycles. The van der Waals surface area contributed by atoms with E-state index in [0.29, 0.717) is 23.4 Å². The highest BCUT2D eigenvalue weighted by Gasteiger charge is 2.51. The molecule has 0 aliphatic carbocycles. The minimum absolute atomic E-state index is 0.345. The Hall–Kier alpha value is -2.37. The first kappa shape index (κ1) is 15.2. The molecule has 24 heavy (non-hydrogen) atoms. The number of amides is 1. The second-order valence-corrected chi connectivity index (χ2v) is 6.74. The first-order chi connectivity index (χ1) is 11.6. The lowest BCUT2D eigenvalue weighted by molar-refractivity contribution is -0.131. The van der Waals surface area contributed by atoms with Gasteiger partial charge in [-0.25, -0.2) is 0 Å². The zero-order valence-corrected chi connectivity index (χ0v) is 14.4. The number of aromatic amines is 1. The molecule has 4 rings (SSSR count). The van der Waals surface area contributed by atoms with Gasteiger partial charge >= 0.3 is 0 Å². The Balaban J connectivity index is 2.01. The molecule has 120 valence electrons. The minimum atomic E-state index is -1.72. The molecule has 3 aromatic rings. The number of benzene rings is 2. The van der Waals surface area contributed by atoms with Crippen molar-refractivity contribution in [1.29, 1.82) is 0 Å². The SMILES string of the molecule is C=CCN1C(=O)[C@](O)(c2c[nH]c3ccccc23)c2cc(Br)ccc21. The molecule has 2 N–H and O–H groups in total. The third-order valence-electron chi connectivity index (χ3n) is 4.48. The molecule has 0 radical (unpaired) electrons. The monoisotopic (exact) mass is 382 g/mol. The molecule has 4 nitrogen and oxygen atoms in total. The number of H-pyrrole nitrogens is 1. The van der Waals surface area contributed by atoms with Crippen LogP contribution in [0.2, 0.25) is 0 Å². The van der Waals surface area contributed by atoms with Crippen LogP contribution in [0.4, 0.5) is 5.69 Å². The van der Waals surface area contributed by atoms with Crippen molar-refractivity contribution in [3.05, 3.63) is 76.9 Å². The predicted octanol–water partition coefficient (Wildman–Crippen LogP) is 3.70. The molecule has 1 aliphatic rings. The van der Waals surface area contributed by atoms with Gasteiger partial charge in [0, 0.05) is 39.2 Å². The number of para-hydroxylation sites is 1. The Morgan fingerprint density at radius 1 is 1.25 bits per heavy atom. The standard InChI is InChI=1S/C19H15BrN2O2/c1-2-9-22-17-8-7-12(20)10-14(17)19(24,18(22)23)15-11-21-16-6-4-3-5-13(15)16/h2-8,10-11,21,24H,1,9H2/t19-/m1/s1. The lowest BCUT2D eigenvalue weighted by Crippen LogP contribution is -2.41. The molecular formula is C19H15BrN2O2. The van der Waals surface area contributed by atoms with E-state index in [1.54, 1.807) is 23.2 Å². The summed E-state index contributed by atoms with van der Waals surface area (Å²) in [5.41, 5.74) is 1.01. The summed E-state index contributed by atoms with van der Waals surface area (Å²) in [5.74, 6) is -0.361. The van der Waals surface area contributed by atoms with Gasteiger partial charge in [0.1, 0.15) is 0 Å². The first-order valence-electron chi connectivity index (χ1n) is 7.59. The lowest BCUT2D eigenvalue weighted by atomic mass is 9.87. The van der Waals surface area contributed by atoms with Crippen molar-refractivity contribution in [2.75, 3.05) is 11.4 Å². The highest BCUT2D eigenvalue weighted by Crippen LogP contribution is 2.47. The zero-order valence-electron chi connectivity index (χ0n) is 12.8. The Bertz CT molecular complexity index is 978. The largest absolute Gasteiger partial charge is 0.372 e. The van der Waals surface area contributed by atoms with E-state index >= 15 is 0 Å². The van der Waals surface area contributed by atoms with Crippen LogP contribution in [0, 0.1) is 0 Å². The molecule has 1 amide bonds. The van der Waals surface area contributed by atoms with Crippen LogP contribution in [0.1, 0.15) is 11.1 Å². The summed E-state index contributed by atoms with van der Waals surface area (Å²) in [6.07, 6.45) is 3.37. The van der Waals surface area contributed by atoms with Crippen molar-refractivity contribution < 1.29 is 9.90 Å². The fourth-order valence-electron chi connectivity index (χ4n) is 3.39. The van der Waals surface area contributed by atoms with Crippen LogP contribution in [0.25, 0.3) is 10.9 Å². The molecule has 1 aliphatic heterocycles. The van der Waals surface area contributed by atoms with Crippen LogP contribution in [-0.2, 0) is 10.4 Å². The highest BCUT2D eigenvalue weighted by atomic mass is 79.9. The molecular weight excluding hydrogens is 368 g/mol. The number of aliphatic hydroxyl groups is 1. The third-order valence-corrected chi connectivity index (χ3v) is 4.98. The predicted molar refractivity (Wildman–Crippen MR) is 98.0 cm³/mol. The van der Waals surface area contributed by atoms with Crippen LogP contribution in [0.3, 0.4) is 0 Å². The van der Waals surface area contributed by atoms with Crippen molar-refractivity contribution in [3.63, 3.8) is 0 Å². The Morgan fingerprint density at radius 3 is 2.83 bits per heavy atom. The van der Waals surface area contributed by atoms with E-state index in [9.17, 15) is 9.90 Å². The van der Waals surface area contributed by atoms with E-state index in [4.69, 9.17) is 0 Å². The summed E-state index contributed by atoms with van der Waals surface area (Å²) in [6, 6.07) is 13.1. The number of hydrogen-bond donors (Lipinski definition) is 2. The van der Waals surface area contributed by atoms with E-state index in [1.807, 2.05) is 36.4 Å². The van der Waals surface area contributed by atoms with Crippen LogP contribution < -0.4 is 4.90 Å². The molecule has 1 atom stereocenters. The summed E-state index contributed by atoms with van der Waals surface area (Å²) in [6.45, 7) is 4.06. The average molecular weight is 383 g/mol. The normalized spacial score (nSPS) is 19.8. The van der Waals surface area contributed by atoms with Crippen LogP contribution in [-0.4, -0.2) is 22.5 Å². The van der Waals surface area contributed by atoms with Gasteiger partial charge in [-0.1, -0.05) is 40.2 Å². The smallest absolute Gasteiger partial charge is 0.268 e. The second-order valence-electron chi connectivity index (χ2n) is 5.82. The Labute approximate surface area is 147 Å². The number of halogens is 1. The van der Waals surface area contributed by atoms with Crippen molar-refractivity contribution in [2.45, 2.75) is 5.60 Å². The van der Waals surface area contributed by atoms with E-state index < -0.39 is 5.60 Å². The maximum Gasteiger partial charge on any atom is 0.268 e. The number of fused-ring (bicyclic) bond motifs is 2. The minimum Gasteiger partial charge on any atom is -0.372 e. The van der Waals surface area contributed by atoms with Crippen molar-refractivity contribution in [3.8, 4) is 0 Å². The average Bonchev–Trinajstić information content (AvgIpc) is 3.10. The van der Waals surface area contributed by atoms with E-state index in [1.165, 1.54) is 0 Å². The van der Waals surface area contributed by atoms with E-state index in [0.717, 1.165) is 15.4 Å². The van der Waals surface area contributed by atoms with Gasteiger partial charge in [0.05, 0.1) is 5.69 Å². The summed E-state index contributed by atoms with van der Waals surface area (Å²) in [7, 11) is 0. The molecule has 0 bridgehead atoms. The van der Waals surface area contributed by atoms with Crippen molar-refractivity contribution in [1.82, 2.24) is 4.98 Å². The fourth-order valence-corrected chi connectivity index (χ4v) is 3.76. The van der Waals surface area contributed by atoms with Gasteiger partial charge in [-0.2, -0.15) is 0 Å².